The van der Waals surface area contributed by atoms with E-state index in [9.17, 15) is 0 Å². The highest BCUT2D eigenvalue weighted by atomic mass is 15.0. The fourth-order valence-electron chi connectivity index (χ4n) is 3.14. The summed E-state index contributed by atoms with van der Waals surface area (Å²) in [7, 11) is 0. The number of nitrogens with one attached hydrogen (secondary N) is 2. The summed E-state index contributed by atoms with van der Waals surface area (Å²) in [6.45, 7) is 20.3. The average Bonchev–Trinajstić information content (AvgIpc) is 2.65. The summed E-state index contributed by atoms with van der Waals surface area (Å²) in [6, 6.07) is 1.15. The minimum Gasteiger partial charge on any atom is -0.313 e. The third-order valence-electron chi connectivity index (χ3n) is 5.85. The Bertz CT molecular complexity index is 377. The van der Waals surface area contributed by atoms with E-state index in [-0.39, 0.29) is 5.41 Å². The third kappa shape index (κ3) is 3.78. The van der Waals surface area contributed by atoms with Gasteiger partial charge in [0.15, 0.2) is 0 Å². The summed E-state index contributed by atoms with van der Waals surface area (Å²) in [5.74, 6) is 0. The van der Waals surface area contributed by atoms with E-state index < -0.39 is 0 Å². The van der Waals surface area contributed by atoms with Crippen LogP contribution in [0.5, 0.6) is 0 Å². The molecule has 1 rings (SSSR count). The first-order valence-electron chi connectivity index (χ1n) is 8.63. The van der Waals surface area contributed by atoms with Gasteiger partial charge < -0.3 is 10.6 Å². The van der Waals surface area contributed by atoms with Gasteiger partial charge in [-0.25, -0.2) is 0 Å². The molecule has 122 valence electrons. The monoisotopic (exact) mass is 292 g/mol. The zero-order chi connectivity index (χ0) is 16.2. The zero-order valence-corrected chi connectivity index (χ0v) is 15.5. The van der Waals surface area contributed by atoms with Crippen LogP contribution in [0.4, 0.5) is 0 Å². The number of hydrogen-bond acceptors (Lipinski definition) is 2. The van der Waals surface area contributed by atoms with Gasteiger partial charge in [-0.15, -0.1) is 0 Å². The molecule has 0 spiro atoms. The molecule has 0 aromatic carbocycles. The van der Waals surface area contributed by atoms with Gasteiger partial charge in [0.1, 0.15) is 0 Å². The maximum Gasteiger partial charge on any atom is 0.0376 e. The highest BCUT2D eigenvalue weighted by Gasteiger charge is 2.40. The molecule has 0 aliphatic heterocycles. The van der Waals surface area contributed by atoms with Crippen molar-refractivity contribution in [2.45, 2.75) is 80.3 Å². The van der Waals surface area contributed by atoms with Crippen molar-refractivity contribution in [1.82, 2.24) is 10.6 Å². The smallest absolute Gasteiger partial charge is 0.0376 e. The molecule has 2 heteroatoms. The summed E-state index contributed by atoms with van der Waals surface area (Å²) in [5.41, 5.74) is 6.23. The first kappa shape index (κ1) is 18.4. The summed E-state index contributed by atoms with van der Waals surface area (Å²) in [5, 5.41) is 7.50. The molecule has 1 aliphatic rings. The van der Waals surface area contributed by atoms with Gasteiger partial charge in [-0.2, -0.15) is 0 Å². The summed E-state index contributed by atoms with van der Waals surface area (Å²) in [4.78, 5) is 0. The lowest BCUT2D eigenvalue weighted by Crippen LogP contribution is -2.47. The van der Waals surface area contributed by atoms with Crippen LogP contribution in [0.1, 0.15) is 68.2 Å². The van der Waals surface area contributed by atoms with E-state index in [0.717, 1.165) is 13.1 Å². The summed E-state index contributed by atoms with van der Waals surface area (Å²) >= 11 is 0. The lowest BCUT2D eigenvalue weighted by atomic mass is 9.76. The Kier molecular flexibility index (Phi) is 6.68. The second kappa shape index (κ2) is 7.60. The summed E-state index contributed by atoms with van der Waals surface area (Å²) in [6.07, 6.45) is 2.36. The molecule has 2 unspecified atom stereocenters. The van der Waals surface area contributed by atoms with Gasteiger partial charge in [-0.1, -0.05) is 25.0 Å². The third-order valence-corrected chi connectivity index (χ3v) is 5.85. The topological polar surface area (TPSA) is 24.1 Å². The molecule has 2 N–H and O–H groups in total. The van der Waals surface area contributed by atoms with Crippen molar-refractivity contribution < 1.29 is 0 Å². The van der Waals surface area contributed by atoms with Gasteiger partial charge in [0.25, 0.3) is 0 Å². The van der Waals surface area contributed by atoms with Crippen LogP contribution in [-0.2, 0) is 0 Å². The van der Waals surface area contributed by atoms with Gasteiger partial charge in [-0.3, -0.25) is 0 Å². The van der Waals surface area contributed by atoms with Gasteiger partial charge in [0.2, 0.25) is 0 Å². The van der Waals surface area contributed by atoms with E-state index in [0.29, 0.717) is 12.1 Å². The number of hydrogen-bond donors (Lipinski definition) is 2. The molecule has 0 fully saturated rings. The molecule has 0 aromatic rings. The standard InChI is InChI=1S/C19H36N2/c1-9-13(3)20-11-19(12-21-14(4)10-2)17(7)15(5)16(6)18(19)8/h13-14,20-21H,9-12H2,1-8H3. The predicted octanol–water partition coefficient (Wildman–Crippen LogP) is 4.44. The molecular formula is C19H36N2. The van der Waals surface area contributed by atoms with Crippen molar-refractivity contribution in [2.75, 3.05) is 13.1 Å². The maximum absolute atomic E-state index is 3.75. The largest absolute Gasteiger partial charge is 0.313 e. The molecule has 0 radical (unpaired) electrons. The predicted molar refractivity (Wildman–Crippen MR) is 94.7 cm³/mol. The quantitative estimate of drug-likeness (QED) is 0.691. The SMILES string of the molecule is CCC(C)NCC1(CNC(C)CC)C(C)=C(C)C(C)=C1C. The maximum atomic E-state index is 3.75. The van der Waals surface area contributed by atoms with Crippen molar-refractivity contribution in [2.24, 2.45) is 5.41 Å². The molecule has 0 saturated carbocycles. The fourth-order valence-corrected chi connectivity index (χ4v) is 3.14. The molecular weight excluding hydrogens is 256 g/mol. The van der Waals surface area contributed by atoms with E-state index in [2.05, 4.69) is 66.0 Å². The van der Waals surface area contributed by atoms with Crippen molar-refractivity contribution in [3.63, 3.8) is 0 Å². The van der Waals surface area contributed by atoms with Crippen LogP contribution in [0.15, 0.2) is 22.3 Å². The average molecular weight is 293 g/mol. The van der Waals surface area contributed by atoms with Crippen molar-refractivity contribution in [1.29, 1.82) is 0 Å². The molecule has 2 nitrogen and oxygen atoms in total. The van der Waals surface area contributed by atoms with Gasteiger partial charge in [-0.05, 0) is 65.5 Å². The van der Waals surface area contributed by atoms with Crippen LogP contribution in [0, 0.1) is 5.41 Å². The van der Waals surface area contributed by atoms with Crippen LogP contribution in [0.3, 0.4) is 0 Å². The molecule has 21 heavy (non-hydrogen) atoms. The molecule has 0 aromatic heterocycles. The second-order valence-corrected chi connectivity index (χ2v) is 6.96. The Balaban J connectivity index is 3.01. The van der Waals surface area contributed by atoms with Gasteiger partial charge >= 0.3 is 0 Å². The minimum absolute atomic E-state index is 0.154. The fraction of sp³-hybridized carbons (Fsp3) is 0.789. The number of rotatable bonds is 8. The molecule has 0 heterocycles. The lowest BCUT2D eigenvalue weighted by molar-refractivity contribution is 0.335. The highest BCUT2D eigenvalue weighted by molar-refractivity contribution is 5.51. The Morgan fingerprint density at radius 2 is 1.10 bits per heavy atom. The van der Waals surface area contributed by atoms with E-state index in [1.165, 1.54) is 24.0 Å². The normalized spacial score (nSPS) is 21.1. The Labute approximate surface area is 132 Å². The van der Waals surface area contributed by atoms with E-state index in [4.69, 9.17) is 0 Å². The lowest BCUT2D eigenvalue weighted by Gasteiger charge is -2.36. The first-order valence-corrected chi connectivity index (χ1v) is 8.63. The van der Waals surface area contributed by atoms with Crippen molar-refractivity contribution in [3.05, 3.63) is 22.3 Å². The molecule has 0 bridgehead atoms. The van der Waals surface area contributed by atoms with E-state index in [1.54, 1.807) is 11.1 Å². The van der Waals surface area contributed by atoms with Crippen molar-refractivity contribution >= 4 is 0 Å². The van der Waals surface area contributed by atoms with Crippen LogP contribution in [-0.4, -0.2) is 25.2 Å². The summed E-state index contributed by atoms with van der Waals surface area (Å²) < 4.78 is 0. The molecule has 1 aliphatic carbocycles. The Morgan fingerprint density at radius 3 is 1.38 bits per heavy atom. The van der Waals surface area contributed by atoms with Gasteiger partial charge in [0, 0.05) is 30.6 Å². The Hall–Kier alpha value is -0.600. The minimum atomic E-state index is 0.154. The zero-order valence-electron chi connectivity index (χ0n) is 15.5. The van der Waals surface area contributed by atoms with E-state index in [1.807, 2.05) is 0 Å². The van der Waals surface area contributed by atoms with E-state index >= 15 is 0 Å². The second-order valence-electron chi connectivity index (χ2n) is 6.96. The van der Waals surface area contributed by atoms with Gasteiger partial charge in [0.05, 0.1) is 0 Å². The van der Waals surface area contributed by atoms with Crippen LogP contribution in [0.2, 0.25) is 0 Å². The van der Waals surface area contributed by atoms with Crippen molar-refractivity contribution in [3.8, 4) is 0 Å². The highest BCUT2D eigenvalue weighted by Crippen LogP contribution is 2.46. The van der Waals surface area contributed by atoms with Crippen LogP contribution in [0.25, 0.3) is 0 Å². The van der Waals surface area contributed by atoms with Crippen LogP contribution < -0.4 is 10.6 Å². The Morgan fingerprint density at radius 1 is 0.762 bits per heavy atom. The molecule has 2 atom stereocenters. The first-order chi connectivity index (χ1) is 9.80. The number of allylic oxidation sites excluding steroid dienone is 2. The van der Waals surface area contributed by atoms with Crippen LogP contribution >= 0.6 is 0 Å². The molecule has 0 saturated heterocycles. The molecule has 0 amide bonds.